The summed E-state index contributed by atoms with van der Waals surface area (Å²) < 4.78 is 5.10. The molecule has 0 radical (unpaired) electrons. The van der Waals surface area contributed by atoms with Crippen LogP contribution in [-0.2, 0) is 0 Å². The number of nitrogens with one attached hydrogen (secondary N) is 2. The number of H-pyrrole nitrogens is 1. The summed E-state index contributed by atoms with van der Waals surface area (Å²) in [7, 11) is 1.54. The standard InChI is InChI=1S/C20H22N4O2/c1-26-18-12-14(9-10-21-18)20(25)22-15-6-4-5-13(11-15)19-23-16-7-2-3-8-17(16)24-19/h2-3,7-10,12-13,15H,4-6,11H2,1H3,(H,22,25)(H,23,24). The Morgan fingerprint density at radius 3 is 3.00 bits per heavy atom. The predicted molar refractivity (Wildman–Crippen MR) is 99.3 cm³/mol. The lowest BCUT2D eigenvalue weighted by Gasteiger charge is -2.28. The molecule has 4 rings (SSSR count). The Hall–Kier alpha value is -2.89. The highest BCUT2D eigenvalue weighted by Gasteiger charge is 2.26. The van der Waals surface area contributed by atoms with Crippen LogP contribution in [0.15, 0.2) is 42.6 Å². The van der Waals surface area contributed by atoms with Crippen LogP contribution in [0.4, 0.5) is 0 Å². The number of pyridine rings is 1. The molecule has 1 saturated carbocycles. The van der Waals surface area contributed by atoms with Crippen LogP contribution in [0.2, 0.25) is 0 Å². The summed E-state index contributed by atoms with van der Waals surface area (Å²) in [6, 6.07) is 11.6. The van der Waals surface area contributed by atoms with Crippen LogP contribution in [0, 0.1) is 0 Å². The molecule has 134 valence electrons. The highest BCUT2D eigenvalue weighted by molar-refractivity contribution is 5.94. The zero-order chi connectivity index (χ0) is 17.9. The Balaban J connectivity index is 1.45. The number of aromatic nitrogens is 3. The molecule has 2 atom stereocenters. The smallest absolute Gasteiger partial charge is 0.251 e. The number of fused-ring (bicyclic) bond motifs is 1. The van der Waals surface area contributed by atoms with Gasteiger partial charge in [0.2, 0.25) is 5.88 Å². The maximum absolute atomic E-state index is 12.5. The SMILES string of the molecule is COc1cc(C(=O)NC2CCCC(c3nc4ccccc4[nH]3)C2)ccn1. The Morgan fingerprint density at radius 1 is 1.27 bits per heavy atom. The normalized spacial score (nSPS) is 20.0. The summed E-state index contributed by atoms with van der Waals surface area (Å²) in [6.45, 7) is 0. The number of nitrogens with zero attached hydrogens (tertiary/aromatic N) is 2. The quantitative estimate of drug-likeness (QED) is 0.755. The molecule has 1 amide bonds. The minimum absolute atomic E-state index is 0.0824. The summed E-state index contributed by atoms with van der Waals surface area (Å²) in [6.07, 6.45) is 5.64. The maximum Gasteiger partial charge on any atom is 0.251 e. The van der Waals surface area contributed by atoms with Crippen LogP contribution in [-0.4, -0.2) is 34.0 Å². The zero-order valence-corrected chi connectivity index (χ0v) is 14.7. The predicted octanol–water partition coefficient (Wildman–Crippen LogP) is 3.42. The molecule has 2 N–H and O–H groups in total. The van der Waals surface area contributed by atoms with Gasteiger partial charge in [-0.1, -0.05) is 18.6 Å². The van der Waals surface area contributed by atoms with Crippen molar-refractivity contribution < 1.29 is 9.53 Å². The van der Waals surface area contributed by atoms with Gasteiger partial charge in [-0.05, 0) is 37.5 Å². The van der Waals surface area contributed by atoms with E-state index in [0.717, 1.165) is 42.5 Å². The minimum atomic E-state index is -0.0824. The first-order valence-electron chi connectivity index (χ1n) is 8.98. The second-order valence-corrected chi connectivity index (χ2v) is 6.76. The minimum Gasteiger partial charge on any atom is -0.481 e. The Labute approximate surface area is 152 Å². The molecular weight excluding hydrogens is 328 g/mol. The van der Waals surface area contributed by atoms with Gasteiger partial charge in [0.15, 0.2) is 0 Å². The van der Waals surface area contributed by atoms with Gasteiger partial charge in [0.1, 0.15) is 5.82 Å². The van der Waals surface area contributed by atoms with Crippen LogP contribution in [0.25, 0.3) is 11.0 Å². The first kappa shape index (κ1) is 16.6. The monoisotopic (exact) mass is 350 g/mol. The topological polar surface area (TPSA) is 79.9 Å². The molecule has 2 unspecified atom stereocenters. The lowest BCUT2D eigenvalue weighted by Crippen LogP contribution is -2.38. The van der Waals surface area contributed by atoms with Gasteiger partial charge in [-0.25, -0.2) is 9.97 Å². The molecule has 6 heteroatoms. The summed E-state index contributed by atoms with van der Waals surface area (Å²) in [4.78, 5) is 24.8. The zero-order valence-electron chi connectivity index (χ0n) is 14.7. The van der Waals surface area contributed by atoms with Gasteiger partial charge in [0, 0.05) is 29.8 Å². The van der Waals surface area contributed by atoms with Crippen LogP contribution in [0.5, 0.6) is 5.88 Å². The van der Waals surface area contributed by atoms with Crippen molar-refractivity contribution in [1.29, 1.82) is 0 Å². The van der Waals surface area contributed by atoms with E-state index in [4.69, 9.17) is 9.72 Å². The second kappa shape index (κ2) is 7.15. The summed E-state index contributed by atoms with van der Waals surface area (Å²) in [5.74, 6) is 1.73. The molecule has 1 aromatic carbocycles. The number of hydrogen-bond acceptors (Lipinski definition) is 4. The van der Waals surface area contributed by atoms with Crippen molar-refractivity contribution in [2.24, 2.45) is 0 Å². The highest BCUT2D eigenvalue weighted by atomic mass is 16.5. The second-order valence-electron chi connectivity index (χ2n) is 6.76. The molecule has 0 saturated heterocycles. The Morgan fingerprint density at radius 2 is 2.15 bits per heavy atom. The molecule has 2 aromatic heterocycles. The third-order valence-electron chi connectivity index (χ3n) is 5.01. The van der Waals surface area contributed by atoms with Gasteiger partial charge in [-0.15, -0.1) is 0 Å². The van der Waals surface area contributed by atoms with Gasteiger partial charge in [0.05, 0.1) is 18.1 Å². The van der Waals surface area contributed by atoms with E-state index in [-0.39, 0.29) is 11.9 Å². The number of carbonyl (C=O) groups is 1. The third-order valence-corrected chi connectivity index (χ3v) is 5.01. The fourth-order valence-electron chi connectivity index (χ4n) is 3.67. The van der Waals surface area contributed by atoms with E-state index < -0.39 is 0 Å². The lowest BCUT2D eigenvalue weighted by molar-refractivity contribution is 0.0924. The van der Waals surface area contributed by atoms with Gasteiger partial charge in [-0.2, -0.15) is 0 Å². The fourth-order valence-corrected chi connectivity index (χ4v) is 3.67. The molecule has 2 heterocycles. The average Bonchev–Trinajstić information content (AvgIpc) is 3.12. The van der Waals surface area contributed by atoms with Crippen molar-refractivity contribution in [3.63, 3.8) is 0 Å². The van der Waals surface area contributed by atoms with Crippen molar-refractivity contribution >= 4 is 16.9 Å². The van der Waals surface area contributed by atoms with E-state index in [9.17, 15) is 4.79 Å². The molecule has 1 aliphatic rings. The van der Waals surface area contributed by atoms with Crippen molar-refractivity contribution in [1.82, 2.24) is 20.3 Å². The lowest BCUT2D eigenvalue weighted by atomic mass is 9.85. The van der Waals surface area contributed by atoms with Crippen LogP contribution < -0.4 is 10.1 Å². The molecule has 26 heavy (non-hydrogen) atoms. The number of para-hydroxylation sites is 2. The molecule has 3 aromatic rings. The van der Waals surface area contributed by atoms with Crippen molar-refractivity contribution in [3.05, 3.63) is 54.0 Å². The van der Waals surface area contributed by atoms with Gasteiger partial charge in [-0.3, -0.25) is 4.79 Å². The number of carbonyl (C=O) groups excluding carboxylic acids is 1. The number of rotatable bonds is 4. The number of ether oxygens (including phenoxy) is 1. The van der Waals surface area contributed by atoms with E-state index in [1.165, 1.54) is 0 Å². The van der Waals surface area contributed by atoms with Crippen molar-refractivity contribution in [2.45, 2.75) is 37.6 Å². The largest absolute Gasteiger partial charge is 0.481 e. The molecule has 1 fully saturated rings. The van der Waals surface area contributed by atoms with Gasteiger partial charge >= 0.3 is 0 Å². The van der Waals surface area contributed by atoms with E-state index >= 15 is 0 Å². The molecule has 0 aliphatic heterocycles. The molecule has 1 aliphatic carbocycles. The summed E-state index contributed by atoms with van der Waals surface area (Å²) >= 11 is 0. The summed E-state index contributed by atoms with van der Waals surface area (Å²) in [5, 5.41) is 3.16. The van der Waals surface area contributed by atoms with Gasteiger partial charge in [0.25, 0.3) is 5.91 Å². The highest BCUT2D eigenvalue weighted by Crippen LogP contribution is 2.32. The van der Waals surface area contributed by atoms with Crippen molar-refractivity contribution in [3.8, 4) is 5.88 Å². The Kier molecular flexibility index (Phi) is 4.56. The summed E-state index contributed by atoms with van der Waals surface area (Å²) in [5.41, 5.74) is 2.64. The van der Waals surface area contributed by atoms with Crippen molar-refractivity contribution in [2.75, 3.05) is 7.11 Å². The Bertz CT molecular complexity index is 888. The average molecular weight is 350 g/mol. The van der Waals surface area contributed by atoms with E-state index in [0.29, 0.717) is 17.4 Å². The van der Waals surface area contributed by atoms with E-state index in [2.05, 4.69) is 15.3 Å². The maximum atomic E-state index is 12.5. The number of amides is 1. The molecule has 6 nitrogen and oxygen atoms in total. The van der Waals surface area contributed by atoms with Gasteiger partial charge < -0.3 is 15.0 Å². The molecule has 0 bridgehead atoms. The van der Waals surface area contributed by atoms with Crippen LogP contribution >= 0.6 is 0 Å². The number of methoxy groups -OCH3 is 1. The van der Waals surface area contributed by atoms with E-state index in [1.807, 2.05) is 24.3 Å². The third kappa shape index (κ3) is 3.40. The number of hydrogen-bond donors (Lipinski definition) is 2. The first-order valence-corrected chi connectivity index (χ1v) is 8.98. The van der Waals surface area contributed by atoms with Crippen LogP contribution in [0.3, 0.4) is 0 Å². The van der Waals surface area contributed by atoms with E-state index in [1.54, 1.807) is 25.4 Å². The van der Waals surface area contributed by atoms with Crippen LogP contribution in [0.1, 0.15) is 47.8 Å². The molecular formula is C20H22N4O2. The number of benzene rings is 1. The molecule has 0 spiro atoms. The first-order chi connectivity index (χ1) is 12.7. The fraction of sp³-hybridized carbons (Fsp3) is 0.350. The number of imidazole rings is 1. The number of aromatic amines is 1.